The quantitative estimate of drug-likeness (QED) is 0.780. The number of ether oxygens (including phenoxy) is 2. The Balaban J connectivity index is 2.03. The van der Waals surface area contributed by atoms with E-state index in [0.717, 1.165) is 32.4 Å². The molecule has 0 saturated carbocycles. The minimum atomic E-state index is -0.278. The molecule has 1 aromatic rings. The van der Waals surface area contributed by atoms with Crippen molar-refractivity contribution >= 4 is 5.97 Å². The number of carbonyl (C=O) groups is 1. The highest BCUT2D eigenvalue weighted by Crippen LogP contribution is 2.37. The number of benzene rings is 1. The van der Waals surface area contributed by atoms with Gasteiger partial charge in [0.25, 0.3) is 0 Å². The van der Waals surface area contributed by atoms with Crippen LogP contribution in [0.1, 0.15) is 34.3 Å². The molecule has 1 atom stereocenters. The van der Waals surface area contributed by atoms with Crippen molar-refractivity contribution in [2.45, 2.75) is 24.8 Å². The van der Waals surface area contributed by atoms with Crippen molar-refractivity contribution in [3.8, 4) is 0 Å². The molecule has 0 bridgehead atoms. The molecule has 1 fully saturated rings. The number of aryl methyl sites for hydroxylation is 1. The van der Waals surface area contributed by atoms with Gasteiger partial charge in [0.15, 0.2) is 0 Å². The second-order valence-electron chi connectivity index (χ2n) is 5.28. The molecule has 102 valence electrons. The van der Waals surface area contributed by atoms with Crippen molar-refractivity contribution in [3.63, 3.8) is 0 Å². The fourth-order valence-electron chi connectivity index (χ4n) is 3.19. The molecule has 1 aliphatic carbocycles. The van der Waals surface area contributed by atoms with Gasteiger partial charge in [0, 0.05) is 6.54 Å². The number of fused-ring (bicyclic) bond motifs is 2. The van der Waals surface area contributed by atoms with Gasteiger partial charge in [-0.1, -0.05) is 6.07 Å². The second-order valence-corrected chi connectivity index (χ2v) is 5.28. The second kappa shape index (κ2) is 4.94. The summed E-state index contributed by atoms with van der Waals surface area (Å²) in [6.45, 7) is 2.31. The molecule has 0 unspecified atom stereocenters. The van der Waals surface area contributed by atoms with Crippen LogP contribution in [0.25, 0.3) is 0 Å². The summed E-state index contributed by atoms with van der Waals surface area (Å²) < 4.78 is 10.5. The number of nitrogens with one attached hydrogen (secondary N) is 1. The molecule has 1 saturated heterocycles. The number of hydrogen-bond donors (Lipinski definition) is 1. The third kappa shape index (κ3) is 2.15. The molecule has 0 radical (unpaired) electrons. The first kappa shape index (κ1) is 12.6. The highest BCUT2D eigenvalue weighted by atomic mass is 16.5. The highest BCUT2D eigenvalue weighted by Gasteiger charge is 2.38. The van der Waals surface area contributed by atoms with Gasteiger partial charge in [-0.25, -0.2) is 4.79 Å². The van der Waals surface area contributed by atoms with Crippen LogP contribution in [0.2, 0.25) is 0 Å². The van der Waals surface area contributed by atoms with Crippen LogP contribution in [0.5, 0.6) is 0 Å². The van der Waals surface area contributed by atoms with Gasteiger partial charge in [-0.3, -0.25) is 0 Å². The Bertz CT molecular complexity index is 492. The summed E-state index contributed by atoms with van der Waals surface area (Å²) in [6, 6.07) is 5.88. The first-order chi connectivity index (χ1) is 9.25. The summed E-state index contributed by atoms with van der Waals surface area (Å²) in [7, 11) is 1.42. The van der Waals surface area contributed by atoms with Gasteiger partial charge in [0.2, 0.25) is 0 Å². The average molecular weight is 261 g/mol. The van der Waals surface area contributed by atoms with E-state index in [1.165, 1.54) is 18.2 Å². The lowest BCUT2D eigenvalue weighted by Crippen LogP contribution is -2.53. The summed E-state index contributed by atoms with van der Waals surface area (Å²) in [5, 5.41) is 3.60. The van der Waals surface area contributed by atoms with E-state index in [-0.39, 0.29) is 11.5 Å². The fraction of sp³-hybridized carbons (Fsp3) is 0.533. The van der Waals surface area contributed by atoms with Crippen molar-refractivity contribution in [1.29, 1.82) is 0 Å². The van der Waals surface area contributed by atoms with E-state index < -0.39 is 0 Å². The maximum Gasteiger partial charge on any atom is 0.337 e. The van der Waals surface area contributed by atoms with E-state index in [1.807, 2.05) is 12.1 Å². The Hall–Kier alpha value is -1.39. The van der Waals surface area contributed by atoms with E-state index in [1.54, 1.807) is 0 Å². The Morgan fingerprint density at radius 3 is 3.11 bits per heavy atom. The summed E-state index contributed by atoms with van der Waals surface area (Å²) in [5.74, 6) is -0.278. The Kier molecular flexibility index (Phi) is 3.29. The van der Waals surface area contributed by atoms with Crippen LogP contribution in [0, 0.1) is 0 Å². The SMILES string of the molecule is COC(=O)c1ccc2c(c1)[C@@]1(CCC2)COCCN1. The molecule has 1 N–H and O–H groups in total. The topological polar surface area (TPSA) is 47.6 Å². The molecule has 19 heavy (non-hydrogen) atoms. The van der Waals surface area contributed by atoms with Crippen LogP contribution in [0.15, 0.2) is 18.2 Å². The molecular formula is C15H19NO3. The number of methoxy groups -OCH3 is 1. The minimum Gasteiger partial charge on any atom is -0.465 e. The van der Waals surface area contributed by atoms with Gasteiger partial charge in [0.1, 0.15) is 0 Å². The molecule has 3 rings (SSSR count). The summed E-state index contributed by atoms with van der Waals surface area (Å²) >= 11 is 0. The molecule has 1 spiro atoms. The van der Waals surface area contributed by atoms with Crippen molar-refractivity contribution in [2.75, 3.05) is 26.9 Å². The predicted octanol–water partition coefficient (Wildman–Crippen LogP) is 1.62. The maximum atomic E-state index is 11.7. The number of morpholine rings is 1. The Morgan fingerprint density at radius 2 is 2.37 bits per heavy atom. The van der Waals surface area contributed by atoms with E-state index >= 15 is 0 Å². The van der Waals surface area contributed by atoms with Gasteiger partial charge in [-0.2, -0.15) is 0 Å². The van der Waals surface area contributed by atoms with Crippen LogP contribution in [-0.4, -0.2) is 32.8 Å². The van der Waals surface area contributed by atoms with E-state index in [2.05, 4.69) is 11.4 Å². The molecule has 0 aromatic heterocycles. The molecule has 1 aromatic carbocycles. The number of carbonyl (C=O) groups excluding carboxylic acids is 1. The maximum absolute atomic E-state index is 11.7. The van der Waals surface area contributed by atoms with Crippen LogP contribution >= 0.6 is 0 Å². The van der Waals surface area contributed by atoms with Gasteiger partial charge in [0.05, 0.1) is 31.4 Å². The zero-order valence-electron chi connectivity index (χ0n) is 11.2. The Morgan fingerprint density at radius 1 is 1.47 bits per heavy atom. The minimum absolute atomic E-state index is 0.115. The zero-order chi connectivity index (χ0) is 13.3. The lowest BCUT2D eigenvalue weighted by molar-refractivity contribution is 0.0168. The van der Waals surface area contributed by atoms with Crippen molar-refractivity contribution in [1.82, 2.24) is 5.32 Å². The van der Waals surface area contributed by atoms with Crippen LogP contribution in [0.3, 0.4) is 0 Å². The summed E-state index contributed by atoms with van der Waals surface area (Å²) in [5.41, 5.74) is 3.03. The molecular weight excluding hydrogens is 242 g/mol. The van der Waals surface area contributed by atoms with Gasteiger partial charge in [-0.15, -0.1) is 0 Å². The first-order valence-electron chi connectivity index (χ1n) is 6.80. The number of hydrogen-bond acceptors (Lipinski definition) is 4. The van der Waals surface area contributed by atoms with Crippen LogP contribution in [-0.2, 0) is 21.4 Å². The lowest BCUT2D eigenvalue weighted by atomic mass is 9.76. The average Bonchev–Trinajstić information content (AvgIpc) is 2.47. The van der Waals surface area contributed by atoms with Gasteiger partial charge in [-0.05, 0) is 42.5 Å². The Labute approximate surface area is 113 Å². The van der Waals surface area contributed by atoms with E-state index in [9.17, 15) is 4.79 Å². The van der Waals surface area contributed by atoms with Gasteiger partial charge < -0.3 is 14.8 Å². The fourth-order valence-corrected chi connectivity index (χ4v) is 3.19. The molecule has 4 nitrogen and oxygen atoms in total. The highest BCUT2D eigenvalue weighted by molar-refractivity contribution is 5.89. The van der Waals surface area contributed by atoms with E-state index in [4.69, 9.17) is 9.47 Å². The predicted molar refractivity (Wildman–Crippen MR) is 71.2 cm³/mol. The molecule has 0 amide bonds. The summed E-state index contributed by atoms with van der Waals surface area (Å²) in [6.07, 6.45) is 3.28. The van der Waals surface area contributed by atoms with Crippen molar-refractivity contribution in [3.05, 3.63) is 34.9 Å². The first-order valence-corrected chi connectivity index (χ1v) is 6.80. The number of rotatable bonds is 1. The normalized spacial score (nSPS) is 25.9. The standard InChI is InChI=1S/C15H19NO3/c1-18-14(17)12-5-4-11-3-2-6-15(13(11)9-12)10-19-8-7-16-15/h4-5,9,16H,2-3,6-8,10H2,1H3/t15-/m1/s1. The molecule has 4 heteroatoms. The molecule has 2 aliphatic rings. The molecule has 1 heterocycles. The third-order valence-corrected chi connectivity index (χ3v) is 4.15. The van der Waals surface area contributed by atoms with E-state index in [0.29, 0.717) is 12.2 Å². The third-order valence-electron chi connectivity index (χ3n) is 4.15. The summed E-state index contributed by atoms with van der Waals surface area (Å²) in [4.78, 5) is 11.7. The smallest absolute Gasteiger partial charge is 0.337 e. The van der Waals surface area contributed by atoms with Gasteiger partial charge >= 0.3 is 5.97 Å². The lowest BCUT2D eigenvalue weighted by Gasteiger charge is -2.42. The molecule has 1 aliphatic heterocycles. The number of esters is 1. The van der Waals surface area contributed by atoms with Crippen LogP contribution < -0.4 is 5.32 Å². The van der Waals surface area contributed by atoms with Crippen molar-refractivity contribution < 1.29 is 14.3 Å². The largest absolute Gasteiger partial charge is 0.465 e. The monoisotopic (exact) mass is 261 g/mol. The van der Waals surface area contributed by atoms with Crippen molar-refractivity contribution in [2.24, 2.45) is 0 Å². The zero-order valence-corrected chi connectivity index (χ0v) is 11.2. The van der Waals surface area contributed by atoms with Crippen LogP contribution in [0.4, 0.5) is 0 Å².